The van der Waals surface area contributed by atoms with Crippen LogP contribution in [0.4, 0.5) is 0 Å². The molecular formula is C14H22S2SiSn2. The Morgan fingerprint density at radius 2 is 1.68 bits per heavy atom. The van der Waals surface area contributed by atoms with Crippen molar-refractivity contribution in [3.05, 3.63) is 32.1 Å². The maximum absolute atomic E-state index is 2.82. The van der Waals surface area contributed by atoms with E-state index in [1.54, 1.807) is 19.4 Å². The summed E-state index contributed by atoms with van der Waals surface area (Å²) in [5.74, 6) is 0. The summed E-state index contributed by atoms with van der Waals surface area (Å²) < 4.78 is 2.28. The van der Waals surface area contributed by atoms with Crippen LogP contribution in [0, 0.1) is 4.81 Å². The first-order chi connectivity index (χ1) is 8.66. The van der Waals surface area contributed by atoms with Crippen molar-refractivity contribution < 1.29 is 0 Å². The fourth-order valence-electron chi connectivity index (χ4n) is 3.47. The molecule has 0 saturated carbocycles. The molecule has 0 radical (unpaired) electrons. The van der Waals surface area contributed by atoms with E-state index in [1.165, 1.54) is 0 Å². The van der Waals surface area contributed by atoms with E-state index in [9.17, 15) is 0 Å². The molecule has 2 aliphatic rings. The van der Waals surface area contributed by atoms with Crippen molar-refractivity contribution >= 4 is 73.9 Å². The van der Waals surface area contributed by atoms with Gasteiger partial charge in [-0.25, -0.2) is 0 Å². The van der Waals surface area contributed by atoms with Crippen molar-refractivity contribution in [3.63, 3.8) is 0 Å². The third-order valence-electron chi connectivity index (χ3n) is 4.33. The van der Waals surface area contributed by atoms with E-state index >= 15 is 0 Å². The molecule has 0 N–H and O–H groups in total. The Hall–Kier alpha value is 1.47. The van der Waals surface area contributed by atoms with E-state index in [4.69, 9.17) is 0 Å². The van der Waals surface area contributed by atoms with Gasteiger partial charge < -0.3 is 0 Å². The zero-order valence-corrected chi connectivity index (χ0v) is 21.1. The van der Waals surface area contributed by atoms with Gasteiger partial charge in [-0.15, -0.1) is 0 Å². The van der Waals surface area contributed by atoms with Gasteiger partial charge in [0.05, 0.1) is 0 Å². The molecule has 0 spiro atoms. The predicted octanol–water partition coefficient (Wildman–Crippen LogP) is 3.68. The molecule has 0 atom stereocenters. The second-order valence-corrected chi connectivity index (χ2v) is 47.7. The average Bonchev–Trinajstić information content (AvgIpc) is 2.81. The van der Waals surface area contributed by atoms with E-state index in [2.05, 4.69) is 58.9 Å². The summed E-state index contributed by atoms with van der Waals surface area (Å²) in [6.45, 7) is 0. The van der Waals surface area contributed by atoms with Crippen LogP contribution in [0.5, 0.6) is 0 Å². The Kier molecular flexibility index (Phi) is 3.83. The van der Waals surface area contributed by atoms with Crippen LogP contribution in [0.2, 0.25) is 29.6 Å². The summed E-state index contributed by atoms with van der Waals surface area (Å²) >= 11 is 0.306. The minimum absolute atomic E-state index is 0.401. The molecule has 3 rings (SSSR count). The van der Waals surface area contributed by atoms with Gasteiger partial charge in [0.2, 0.25) is 0 Å². The zero-order valence-electron chi connectivity index (χ0n) is 12.6. The SMILES string of the molecule is [CH3][Sn]([CH3])([CH3])[C]1([Sn]([CH3])([CH3])[CH3])C=C2[SiH]=c3ccsc3=C2S1. The van der Waals surface area contributed by atoms with Crippen molar-refractivity contribution in [2.75, 3.05) is 0 Å². The topological polar surface area (TPSA) is 0 Å². The Bertz CT molecular complexity index is 672. The standard InChI is InChI=1S/C8H4S2Si.6CH3.2Sn/c1-3-9-7-5(1)11-6-2-4-10-8(6)7;;;;;;;;/h1-3,11H;6*1H3;;. The van der Waals surface area contributed by atoms with Gasteiger partial charge in [-0.2, -0.15) is 0 Å². The zero-order chi connectivity index (χ0) is 14.1. The molecule has 0 aliphatic carbocycles. The first-order valence-electron chi connectivity index (χ1n) is 6.87. The average molecular weight is 520 g/mol. The van der Waals surface area contributed by atoms with E-state index in [0.717, 1.165) is 0 Å². The van der Waals surface area contributed by atoms with Gasteiger partial charge in [0.15, 0.2) is 0 Å². The van der Waals surface area contributed by atoms with E-state index in [1.807, 2.05) is 11.3 Å². The first kappa shape index (κ1) is 15.4. The molecule has 1 aromatic rings. The van der Waals surface area contributed by atoms with E-state index < -0.39 is 36.8 Å². The normalized spacial score (nSPS) is 20.9. The van der Waals surface area contributed by atoms with Gasteiger partial charge in [0.1, 0.15) is 0 Å². The summed E-state index contributed by atoms with van der Waals surface area (Å²) in [5.41, 5.74) is 0. The molecule has 0 fully saturated rings. The summed E-state index contributed by atoms with van der Waals surface area (Å²) in [6.07, 6.45) is 2.82. The molecule has 2 aliphatic heterocycles. The second-order valence-electron chi connectivity index (χ2n) is 7.62. The molecule has 0 saturated heterocycles. The first-order valence-corrected chi connectivity index (χ1v) is 29.7. The summed E-state index contributed by atoms with van der Waals surface area (Å²) in [4.78, 5) is 19.3. The van der Waals surface area contributed by atoms with Gasteiger partial charge in [-0.1, -0.05) is 0 Å². The summed E-state index contributed by atoms with van der Waals surface area (Å²) in [7, 11) is 0.401. The third kappa shape index (κ3) is 2.24. The number of hydrogen-bond acceptors (Lipinski definition) is 2. The van der Waals surface area contributed by atoms with Crippen LogP contribution in [0.3, 0.4) is 0 Å². The number of fused-ring (bicyclic) bond motifs is 2. The Labute approximate surface area is 135 Å². The van der Waals surface area contributed by atoms with Crippen LogP contribution in [0.25, 0.3) is 4.91 Å². The Balaban J connectivity index is 2.23. The van der Waals surface area contributed by atoms with Crippen LogP contribution in [0.15, 0.2) is 22.7 Å². The van der Waals surface area contributed by atoms with Crippen molar-refractivity contribution in [2.45, 2.75) is 30.4 Å². The van der Waals surface area contributed by atoms with Crippen molar-refractivity contribution in [3.8, 4) is 0 Å². The molecule has 1 aromatic heterocycles. The number of thioether (sulfide) groups is 1. The van der Waals surface area contributed by atoms with Gasteiger partial charge in [0, 0.05) is 0 Å². The number of hydrogen-bond donors (Lipinski definition) is 0. The predicted molar refractivity (Wildman–Crippen MR) is 98.4 cm³/mol. The monoisotopic (exact) mass is 522 g/mol. The molecule has 3 heterocycles. The molecule has 0 unspecified atom stereocenters. The van der Waals surface area contributed by atoms with Crippen LogP contribution < -0.4 is 4.53 Å². The Morgan fingerprint density at radius 3 is 2.26 bits per heavy atom. The third-order valence-corrected chi connectivity index (χ3v) is 60.7. The molecule has 0 bridgehead atoms. The molecule has 0 nitrogen and oxygen atoms in total. The molecule has 5 heteroatoms. The van der Waals surface area contributed by atoms with Crippen molar-refractivity contribution in [1.82, 2.24) is 0 Å². The number of thiophene rings is 1. The summed E-state index contributed by atoms with van der Waals surface area (Å²) in [5, 5.41) is 4.06. The molecule has 102 valence electrons. The van der Waals surface area contributed by atoms with Crippen LogP contribution in [0.1, 0.15) is 0 Å². The van der Waals surface area contributed by atoms with Crippen LogP contribution >= 0.6 is 23.1 Å². The van der Waals surface area contributed by atoms with Crippen molar-refractivity contribution in [2.24, 2.45) is 0 Å². The minimum atomic E-state index is -2.00. The van der Waals surface area contributed by atoms with Gasteiger partial charge in [-0.05, 0) is 0 Å². The van der Waals surface area contributed by atoms with E-state index in [-0.39, 0.29) is 0 Å². The van der Waals surface area contributed by atoms with E-state index in [0.29, 0.717) is 9.91 Å². The molecular weight excluding hydrogens is 498 g/mol. The fraction of sp³-hybridized carbons (Fsp3) is 0.500. The Morgan fingerprint density at radius 1 is 1.05 bits per heavy atom. The summed E-state index contributed by atoms with van der Waals surface area (Å²) in [6, 6.07) is 2.37. The molecule has 0 amide bonds. The van der Waals surface area contributed by atoms with Gasteiger partial charge >= 0.3 is 136 Å². The number of rotatable bonds is 2. The fourth-order valence-corrected chi connectivity index (χ4v) is 69.4. The van der Waals surface area contributed by atoms with Gasteiger partial charge in [-0.3, -0.25) is 0 Å². The quantitative estimate of drug-likeness (QED) is 0.537. The second kappa shape index (κ2) is 4.73. The van der Waals surface area contributed by atoms with Crippen molar-refractivity contribution in [1.29, 1.82) is 0 Å². The maximum atomic E-state index is 2.82. The van der Waals surface area contributed by atoms with Gasteiger partial charge in [0.25, 0.3) is 0 Å². The van der Waals surface area contributed by atoms with Crippen LogP contribution in [-0.2, 0) is 0 Å². The molecule has 19 heavy (non-hydrogen) atoms. The van der Waals surface area contributed by atoms with Crippen LogP contribution in [-0.4, -0.2) is 46.7 Å². The molecule has 0 aromatic carbocycles.